The highest BCUT2D eigenvalue weighted by Gasteiger charge is 2.58. The first-order valence-corrected chi connectivity index (χ1v) is 10.7. The summed E-state index contributed by atoms with van der Waals surface area (Å²) in [5, 5.41) is 7.22. The van der Waals surface area contributed by atoms with Crippen LogP contribution in [0.3, 0.4) is 0 Å². The smallest absolute Gasteiger partial charge is 0.235 e. The van der Waals surface area contributed by atoms with Gasteiger partial charge in [0.05, 0.1) is 11.8 Å². The number of benzene rings is 1. The third-order valence-electron chi connectivity index (χ3n) is 6.61. The first-order chi connectivity index (χ1) is 14.3. The van der Waals surface area contributed by atoms with E-state index in [4.69, 9.17) is 4.52 Å². The fourth-order valence-electron chi connectivity index (χ4n) is 5.10. The molecule has 0 bridgehead atoms. The predicted octanol–water partition coefficient (Wildman–Crippen LogP) is 2.56. The van der Waals surface area contributed by atoms with Gasteiger partial charge in [-0.2, -0.15) is 4.98 Å². The van der Waals surface area contributed by atoms with Crippen molar-refractivity contribution < 1.29 is 14.1 Å². The topological polar surface area (TPSA) is 88.3 Å². The number of hydrogen-bond donors (Lipinski definition) is 1. The van der Waals surface area contributed by atoms with E-state index in [0.29, 0.717) is 37.6 Å². The summed E-state index contributed by atoms with van der Waals surface area (Å²) in [4.78, 5) is 31.8. The molecule has 160 valence electrons. The molecule has 1 saturated heterocycles. The number of carbonyl (C=O) groups is 2. The Bertz CT molecular complexity index is 953. The van der Waals surface area contributed by atoms with Crippen molar-refractivity contribution >= 4 is 11.8 Å². The van der Waals surface area contributed by atoms with Crippen LogP contribution < -0.4 is 5.32 Å². The van der Waals surface area contributed by atoms with Crippen molar-refractivity contribution in [3.8, 4) is 0 Å². The van der Waals surface area contributed by atoms with Crippen LogP contribution in [0.15, 0.2) is 28.8 Å². The van der Waals surface area contributed by atoms with E-state index in [9.17, 15) is 9.59 Å². The highest BCUT2D eigenvalue weighted by atomic mass is 16.5. The summed E-state index contributed by atoms with van der Waals surface area (Å²) < 4.78 is 5.59. The molecule has 2 aliphatic rings. The van der Waals surface area contributed by atoms with Gasteiger partial charge in [-0.05, 0) is 43.7 Å². The molecule has 1 aromatic heterocycles. The Morgan fingerprint density at radius 1 is 1.30 bits per heavy atom. The van der Waals surface area contributed by atoms with E-state index in [0.717, 1.165) is 17.5 Å². The fourth-order valence-corrected chi connectivity index (χ4v) is 5.10. The second-order valence-electron chi connectivity index (χ2n) is 9.18. The molecule has 30 heavy (non-hydrogen) atoms. The van der Waals surface area contributed by atoms with Crippen molar-refractivity contribution in [1.29, 1.82) is 0 Å². The van der Waals surface area contributed by atoms with E-state index in [1.807, 2.05) is 49.9 Å². The lowest BCUT2D eigenvalue weighted by Crippen LogP contribution is -2.40. The van der Waals surface area contributed by atoms with Gasteiger partial charge < -0.3 is 14.7 Å². The molecule has 2 heterocycles. The third kappa shape index (κ3) is 3.73. The van der Waals surface area contributed by atoms with Crippen molar-refractivity contribution in [2.24, 2.45) is 11.8 Å². The van der Waals surface area contributed by atoms with Crippen molar-refractivity contribution in [3.05, 3.63) is 47.1 Å². The third-order valence-corrected chi connectivity index (χ3v) is 6.61. The Kier molecular flexibility index (Phi) is 5.38. The van der Waals surface area contributed by atoms with Gasteiger partial charge in [-0.3, -0.25) is 9.59 Å². The average molecular weight is 411 g/mol. The number of nitrogens with one attached hydrogen (secondary N) is 1. The molecular formula is C23H30N4O3. The molecule has 3 atom stereocenters. The molecule has 7 nitrogen and oxygen atoms in total. The lowest BCUT2D eigenvalue weighted by Gasteiger charge is -2.26. The van der Waals surface area contributed by atoms with Crippen LogP contribution in [0.5, 0.6) is 0 Å². The van der Waals surface area contributed by atoms with E-state index in [2.05, 4.69) is 15.5 Å². The van der Waals surface area contributed by atoms with Gasteiger partial charge in [0.15, 0.2) is 5.82 Å². The van der Waals surface area contributed by atoms with Crippen molar-refractivity contribution in [1.82, 2.24) is 20.4 Å². The predicted molar refractivity (Wildman–Crippen MR) is 112 cm³/mol. The Labute approximate surface area is 177 Å². The summed E-state index contributed by atoms with van der Waals surface area (Å²) >= 11 is 0. The zero-order valence-corrected chi connectivity index (χ0v) is 18.1. The van der Waals surface area contributed by atoms with Gasteiger partial charge in [-0.15, -0.1) is 0 Å². The lowest BCUT2D eigenvalue weighted by molar-refractivity contribution is -0.134. The Morgan fingerprint density at radius 3 is 2.73 bits per heavy atom. The zero-order valence-electron chi connectivity index (χ0n) is 18.1. The summed E-state index contributed by atoms with van der Waals surface area (Å²) in [7, 11) is 0. The van der Waals surface area contributed by atoms with Gasteiger partial charge in [0.1, 0.15) is 0 Å². The number of aromatic nitrogens is 2. The molecule has 1 unspecified atom stereocenters. The van der Waals surface area contributed by atoms with Gasteiger partial charge in [0, 0.05) is 25.0 Å². The van der Waals surface area contributed by atoms with E-state index in [1.54, 1.807) is 6.92 Å². The van der Waals surface area contributed by atoms with E-state index in [1.165, 1.54) is 0 Å². The second-order valence-corrected chi connectivity index (χ2v) is 9.18. The maximum atomic E-state index is 12.7. The van der Waals surface area contributed by atoms with Crippen LogP contribution in [-0.2, 0) is 21.4 Å². The monoisotopic (exact) mass is 410 g/mol. The largest absolute Gasteiger partial charge is 0.353 e. The highest BCUT2D eigenvalue weighted by molar-refractivity contribution is 5.80. The molecule has 4 rings (SSSR count). The van der Waals surface area contributed by atoms with Gasteiger partial charge in [-0.25, -0.2) is 0 Å². The van der Waals surface area contributed by atoms with Crippen molar-refractivity contribution in [2.45, 2.75) is 58.4 Å². The molecular weight excluding hydrogens is 380 g/mol. The summed E-state index contributed by atoms with van der Waals surface area (Å²) in [6, 6.07) is 8.00. The number of likely N-dealkylation sites (tertiary alicyclic amines) is 1. The minimum absolute atomic E-state index is 0.0289. The van der Waals surface area contributed by atoms with Crippen LogP contribution in [0.1, 0.15) is 49.5 Å². The SMILES string of the molecule is Cc1noc([C@]23C[C@H](NC(=O)Cc4ccccc4C)CC2CN(C(=O)C(C)C)C3)n1. The maximum Gasteiger partial charge on any atom is 0.235 e. The van der Waals surface area contributed by atoms with Crippen molar-refractivity contribution in [2.75, 3.05) is 13.1 Å². The molecule has 0 radical (unpaired) electrons. The van der Waals surface area contributed by atoms with Crippen LogP contribution in [0.4, 0.5) is 0 Å². The van der Waals surface area contributed by atoms with E-state index >= 15 is 0 Å². The molecule has 1 saturated carbocycles. The van der Waals surface area contributed by atoms with Crippen LogP contribution in [0, 0.1) is 25.7 Å². The number of rotatable bonds is 5. The Hall–Kier alpha value is -2.70. The Morgan fingerprint density at radius 2 is 2.07 bits per heavy atom. The van der Waals surface area contributed by atoms with Crippen molar-refractivity contribution in [3.63, 3.8) is 0 Å². The minimum Gasteiger partial charge on any atom is -0.353 e. The molecule has 1 aliphatic heterocycles. The molecule has 2 amide bonds. The standard InChI is InChI=1S/C23H30N4O3/c1-14(2)21(29)27-12-18-10-19(11-23(18,13-27)22-24-16(4)26-30-22)25-20(28)9-17-8-6-5-7-15(17)3/h5-8,14,18-19H,9-13H2,1-4H3,(H,25,28)/t18?,19-,23+/m1/s1. The van der Waals surface area contributed by atoms with Gasteiger partial charge >= 0.3 is 0 Å². The molecule has 2 fully saturated rings. The number of fused-ring (bicyclic) bond motifs is 1. The summed E-state index contributed by atoms with van der Waals surface area (Å²) in [5.74, 6) is 1.53. The van der Waals surface area contributed by atoms with Crippen LogP contribution in [0.25, 0.3) is 0 Å². The van der Waals surface area contributed by atoms with Gasteiger partial charge in [-0.1, -0.05) is 43.3 Å². The number of nitrogens with zero attached hydrogens (tertiary/aromatic N) is 3. The molecule has 7 heteroatoms. The summed E-state index contributed by atoms with van der Waals surface area (Å²) in [5.41, 5.74) is 1.78. The lowest BCUT2D eigenvalue weighted by atomic mass is 9.80. The molecule has 1 aromatic carbocycles. The number of hydrogen-bond acceptors (Lipinski definition) is 5. The number of amides is 2. The zero-order chi connectivity index (χ0) is 21.5. The molecule has 2 aromatic rings. The van der Waals surface area contributed by atoms with Gasteiger partial charge in [0.2, 0.25) is 17.7 Å². The minimum atomic E-state index is -0.383. The molecule has 1 N–H and O–H groups in total. The van der Waals surface area contributed by atoms with Crippen LogP contribution >= 0.6 is 0 Å². The first-order valence-electron chi connectivity index (χ1n) is 10.7. The molecule has 0 spiro atoms. The fraction of sp³-hybridized carbons (Fsp3) is 0.565. The summed E-state index contributed by atoms with van der Waals surface area (Å²) in [6.45, 7) is 8.92. The molecule has 1 aliphatic carbocycles. The highest BCUT2D eigenvalue weighted by Crippen LogP contribution is 2.50. The van der Waals surface area contributed by atoms with E-state index < -0.39 is 0 Å². The van der Waals surface area contributed by atoms with E-state index in [-0.39, 0.29) is 35.1 Å². The normalized spacial score (nSPS) is 25.6. The summed E-state index contributed by atoms with van der Waals surface area (Å²) in [6.07, 6.45) is 1.89. The maximum absolute atomic E-state index is 12.7. The average Bonchev–Trinajstić information content (AvgIpc) is 3.35. The number of aryl methyl sites for hydroxylation is 2. The van der Waals surface area contributed by atoms with Crippen LogP contribution in [-0.4, -0.2) is 46.0 Å². The first kappa shape index (κ1) is 20.6. The Balaban J connectivity index is 1.50. The second kappa shape index (κ2) is 7.85. The van der Waals surface area contributed by atoms with Gasteiger partial charge in [0.25, 0.3) is 0 Å². The van der Waals surface area contributed by atoms with Crippen LogP contribution in [0.2, 0.25) is 0 Å². The number of carbonyl (C=O) groups excluding carboxylic acids is 2. The quantitative estimate of drug-likeness (QED) is 0.818.